The molecular weight excluding hydrogens is 360 g/mol. The molecule has 0 N–H and O–H groups in total. The number of sulfonamides is 1. The van der Waals surface area contributed by atoms with E-state index in [-0.39, 0.29) is 11.8 Å². The molecule has 1 aromatic carbocycles. The van der Waals surface area contributed by atoms with Crippen LogP contribution in [0, 0.1) is 5.92 Å². The molecule has 2 saturated heterocycles. The van der Waals surface area contributed by atoms with Crippen LogP contribution in [0.2, 0.25) is 0 Å². The van der Waals surface area contributed by atoms with Crippen LogP contribution in [0.25, 0.3) is 6.08 Å². The number of piperidine rings is 2. The van der Waals surface area contributed by atoms with Crippen molar-refractivity contribution >= 4 is 22.0 Å². The monoisotopic (exact) mass is 390 g/mol. The van der Waals surface area contributed by atoms with Crippen molar-refractivity contribution in [2.24, 2.45) is 5.92 Å². The van der Waals surface area contributed by atoms with E-state index in [2.05, 4.69) is 11.8 Å². The lowest BCUT2D eigenvalue weighted by Crippen LogP contribution is -2.49. The highest BCUT2D eigenvalue weighted by molar-refractivity contribution is 7.92. The minimum atomic E-state index is -3.44. The molecule has 2 heterocycles. The van der Waals surface area contributed by atoms with E-state index in [1.807, 2.05) is 30.3 Å². The van der Waals surface area contributed by atoms with E-state index in [9.17, 15) is 13.2 Å². The van der Waals surface area contributed by atoms with Gasteiger partial charge in [-0.1, -0.05) is 37.3 Å². The Balaban J connectivity index is 1.58. The summed E-state index contributed by atoms with van der Waals surface area (Å²) in [5.41, 5.74) is 0.863. The number of carbonyl (C=O) groups is 1. The predicted molar refractivity (Wildman–Crippen MR) is 108 cm³/mol. The number of likely N-dealkylation sites (tertiary alicyclic amines) is 1. The molecule has 2 fully saturated rings. The normalized spacial score (nSPS) is 23.0. The summed E-state index contributed by atoms with van der Waals surface area (Å²) < 4.78 is 26.7. The first kappa shape index (κ1) is 20.1. The van der Waals surface area contributed by atoms with Crippen LogP contribution in [-0.4, -0.2) is 49.2 Å². The van der Waals surface area contributed by atoms with Gasteiger partial charge in [0.15, 0.2) is 0 Å². The molecule has 1 atom stereocenters. The van der Waals surface area contributed by atoms with Gasteiger partial charge in [-0.05, 0) is 50.2 Å². The number of rotatable bonds is 5. The lowest BCUT2D eigenvalue weighted by Gasteiger charge is -2.39. The van der Waals surface area contributed by atoms with Crippen molar-refractivity contribution in [3.63, 3.8) is 0 Å². The van der Waals surface area contributed by atoms with Crippen molar-refractivity contribution in [3.8, 4) is 0 Å². The zero-order valence-electron chi connectivity index (χ0n) is 16.1. The van der Waals surface area contributed by atoms with Crippen molar-refractivity contribution in [1.82, 2.24) is 9.21 Å². The van der Waals surface area contributed by atoms with E-state index in [4.69, 9.17) is 0 Å². The van der Waals surface area contributed by atoms with Gasteiger partial charge in [0.05, 0.1) is 0 Å². The number of amides is 1. The standard InChI is InChI=1S/C21H30N2O3S/c1-2-20-10-6-7-14-23(20)21(24)19-11-15-22(16-12-19)27(25,26)17-13-18-8-4-3-5-9-18/h3-5,8-9,13,17,19-20H,2,6-7,10-12,14-16H2,1H3. The summed E-state index contributed by atoms with van der Waals surface area (Å²) in [4.78, 5) is 15.0. The molecule has 5 nitrogen and oxygen atoms in total. The maximum atomic E-state index is 12.9. The second-order valence-corrected chi connectivity index (χ2v) is 9.34. The van der Waals surface area contributed by atoms with Crippen molar-refractivity contribution in [2.45, 2.75) is 51.5 Å². The molecule has 27 heavy (non-hydrogen) atoms. The topological polar surface area (TPSA) is 57.7 Å². The lowest BCUT2D eigenvalue weighted by atomic mass is 9.92. The first-order valence-electron chi connectivity index (χ1n) is 10.0. The molecule has 2 aliphatic rings. The second kappa shape index (κ2) is 9.02. The van der Waals surface area contributed by atoms with Gasteiger partial charge in [0, 0.05) is 37.0 Å². The molecule has 0 aliphatic carbocycles. The van der Waals surface area contributed by atoms with Crippen LogP contribution in [0.1, 0.15) is 51.0 Å². The highest BCUT2D eigenvalue weighted by Crippen LogP contribution is 2.27. The van der Waals surface area contributed by atoms with Gasteiger partial charge >= 0.3 is 0 Å². The van der Waals surface area contributed by atoms with Crippen LogP contribution in [0.5, 0.6) is 0 Å². The van der Waals surface area contributed by atoms with Gasteiger partial charge in [-0.15, -0.1) is 0 Å². The van der Waals surface area contributed by atoms with Crippen LogP contribution in [-0.2, 0) is 14.8 Å². The predicted octanol–water partition coefficient (Wildman–Crippen LogP) is 3.49. The summed E-state index contributed by atoms with van der Waals surface area (Å²) in [6.07, 6.45) is 7.25. The molecule has 0 bridgehead atoms. The maximum absolute atomic E-state index is 12.9. The summed E-state index contributed by atoms with van der Waals surface area (Å²) >= 11 is 0. The quantitative estimate of drug-likeness (QED) is 0.773. The Hall–Kier alpha value is -1.66. The SMILES string of the molecule is CCC1CCCCN1C(=O)C1CCN(S(=O)(=O)C=Cc2ccccc2)CC1. The van der Waals surface area contributed by atoms with Gasteiger partial charge < -0.3 is 4.90 Å². The third kappa shape index (κ3) is 4.99. The highest BCUT2D eigenvalue weighted by Gasteiger charge is 2.34. The Labute approximate surface area is 163 Å². The average molecular weight is 391 g/mol. The van der Waals surface area contributed by atoms with Crippen molar-refractivity contribution in [3.05, 3.63) is 41.3 Å². The summed E-state index contributed by atoms with van der Waals surface area (Å²) in [5.74, 6) is 0.195. The fraction of sp³-hybridized carbons (Fsp3) is 0.571. The van der Waals surface area contributed by atoms with Crippen LogP contribution in [0.4, 0.5) is 0 Å². The van der Waals surface area contributed by atoms with Gasteiger partial charge in [-0.3, -0.25) is 4.79 Å². The third-order valence-electron chi connectivity index (χ3n) is 5.78. The summed E-state index contributed by atoms with van der Waals surface area (Å²) in [6, 6.07) is 9.78. The van der Waals surface area contributed by atoms with Crippen LogP contribution >= 0.6 is 0 Å². The van der Waals surface area contributed by atoms with Crippen LogP contribution in [0.15, 0.2) is 35.7 Å². The van der Waals surface area contributed by atoms with E-state index >= 15 is 0 Å². The molecule has 0 spiro atoms. The summed E-state index contributed by atoms with van der Waals surface area (Å²) in [5, 5.41) is 1.28. The molecule has 0 aromatic heterocycles. The molecule has 2 aliphatic heterocycles. The van der Waals surface area contributed by atoms with E-state index in [0.29, 0.717) is 32.0 Å². The van der Waals surface area contributed by atoms with Gasteiger partial charge in [0.25, 0.3) is 0 Å². The second-order valence-electron chi connectivity index (χ2n) is 7.52. The number of benzene rings is 1. The molecule has 1 aromatic rings. The van der Waals surface area contributed by atoms with E-state index in [0.717, 1.165) is 31.4 Å². The molecule has 1 unspecified atom stereocenters. The number of nitrogens with zero attached hydrogens (tertiary/aromatic N) is 2. The summed E-state index contributed by atoms with van der Waals surface area (Å²) in [7, 11) is -3.44. The molecule has 148 valence electrons. The first-order valence-corrected chi connectivity index (χ1v) is 11.6. The van der Waals surface area contributed by atoms with Gasteiger partial charge in [0.1, 0.15) is 0 Å². The Morgan fingerprint density at radius 2 is 1.78 bits per heavy atom. The Morgan fingerprint density at radius 3 is 2.44 bits per heavy atom. The van der Waals surface area contributed by atoms with Crippen molar-refractivity contribution in [2.75, 3.05) is 19.6 Å². The van der Waals surface area contributed by atoms with Crippen LogP contribution in [0.3, 0.4) is 0 Å². The van der Waals surface area contributed by atoms with Gasteiger partial charge in [-0.25, -0.2) is 8.42 Å². The fourth-order valence-corrected chi connectivity index (χ4v) is 5.34. The van der Waals surface area contributed by atoms with E-state index in [1.165, 1.54) is 16.1 Å². The lowest BCUT2D eigenvalue weighted by molar-refractivity contribution is -0.140. The molecule has 1 amide bonds. The largest absolute Gasteiger partial charge is 0.339 e. The molecule has 3 rings (SSSR count). The number of carbonyl (C=O) groups excluding carboxylic acids is 1. The Kier molecular flexibility index (Phi) is 6.71. The first-order chi connectivity index (χ1) is 13.0. The van der Waals surface area contributed by atoms with E-state index < -0.39 is 10.0 Å². The molecule has 6 heteroatoms. The van der Waals surface area contributed by atoms with E-state index in [1.54, 1.807) is 6.08 Å². The minimum Gasteiger partial charge on any atom is -0.339 e. The molecular formula is C21H30N2O3S. The average Bonchev–Trinajstić information content (AvgIpc) is 2.72. The highest BCUT2D eigenvalue weighted by atomic mass is 32.2. The summed E-state index contributed by atoms with van der Waals surface area (Å²) in [6.45, 7) is 3.84. The zero-order valence-corrected chi connectivity index (χ0v) is 16.9. The molecule has 0 radical (unpaired) electrons. The Bertz CT molecular complexity index is 753. The third-order valence-corrected chi connectivity index (χ3v) is 7.34. The number of hydrogen-bond donors (Lipinski definition) is 0. The van der Waals surface area contributed by atoms with Crippen molar-refractivity contribution in [1.29, 1.82) is 0 Å². The zero-order chi connectivity index (χ0) is 19.3. The fourth-order valence-electron chi connectivity index (χ4n) is 4.12. The molecule has 0 saturated carbocycles. The smallest absolute Gasteiger partial charge is 0.236 e. The van der Waals surface area contributed by atoms with Gasteiger partial charge in [-0.2, -0.15) is 4.31 Å². The maximum Gasteiger partial charge on any atom is 0.236 e. The Morgan fingerprint density at radius 1 is 1.07 bits per heavy atom. The number of hydrogen-bond acceptors (Lipinski definition) is 3. The minimum absolute atomic E-state index is 0.0401. The van der Waals surface area contributed by atoms with Crippen molar-refractivity contribution < 1.29 is 13.2 Å². The van der Waals surface area contributed by atoms with Crippen LogP contribution < -0.4 is 0 Å². The van der Waals surface area contributed by atoms with Gasteiger partial charge in [0.2, 0.25) is 15.9 Å².